The van der Waals surface area contributed by atoms with Gasteiger partial charge in [0.05, 0.1) is 19.3 Å². The molecule has 0 aromatic rings. The second kappa shape index (κ2) is 35.2. The van der Waals surface area contributed by atoms with Crippen LogP contribution in [0.1, 0.15) is 184 Å². The molecule has 0 bridgehead atoms. The zero-order chi connectivity index (χ0) is 56.8. The Labute approximate surface area is 446 Å². The number of carbonyl (C=O) groups excluding carboxylic acids is 10. The van der Waals surface area contributed by atoms with Crippen LogP contribution in [0, 0.1) is 0 Å². The molecule has 75 heavy (non-hydrogen) atoms. The van der Waals surface area contributed by atoms with Crippen molar-refractivity contribution in [2.75, 3.05) is 34.5 Å². The van der Waals surface area contributed by atoms with E-state index in [1.807, 2.05) is 20.8 Å². The van der Waals surface area contributed by atoms with Crippen molar-refractivity contribution in [1.82, 2.24) is 15.2 Å². The fourth-order valence-electron chi connectivity index (χ4n) is 5.68. The molecular weight excluding hydrogens is 1040 g/mol. The van der Waals surface area contributed by atoms with Crippen LogP contribution in [0.5, 0.6) is 0 Å². The molecule has 3 fully saturated rings. The Morgan fingerprint density at radius 2 is 0.667 bits per heavy atom. The van der Waals surface area contributed by atoms with Gasteiger partial charge in [0.15, 0.2) is 17.0 Å². The molecule has 0 aliphatic carbocycles. The first-order valence-electron chi connectivity index (χ1n) is 25.4. The van der Waals surface area contributed by atoms with Gasteiger partial charge in [-0.1, -0.05) is 60.8 Å². The molecule has 25 nitrogen and oxygen atoms in total. The van der Waals surface area contributed by atoms with Crippen LogP contribution in [-0.2, 0) is 94.9 Å². The molecule has 0 spiro atoms. The molecule has 3 atom stereocenters. The zero-order valence-corrected chi connectivity index (χ0v) is 47.4. The van der Waals surface area contributed by atoms with Gasteiger partial charge in [0.25, 0.3) is 35.4 Å². The van der Waals surface area contributed by atoms with E-state index in [4.69, 9.17) is 0 Å². The summed E-state index contributed by atoms with van der Waals surface area (Å²) in [7, 11) is -3.58. The maximum absolute atomic E-state index is 11.8. The van der Waals surface area contributed by atoms with Crippen molar-refractivity contribution >= 4 is 91.5 Å². The zero-order valence-electron chi connectivity index (χ0n) is 45.0. The van der Waals surface area contributed by atoms with Gasteiger partial charge in [-0.05, 0) is 40.0 Å². The van der Waals surface area contributed by atoms with Gasteiger partial charge < -0.3 is 14.5 Å². The highest BCUT2D eigenvalue weighted by molar-refractivity contribution is 7.85. The van der Waals surface area contributed by atoms with Crippen LogP contribution >= 0.6 is 0 Å². The van der Waals surface area contributed by atoms with E-state index in [-0.39, 0.29) is 92.2 Å². The number of nitrogens with zero attached hydrogens (tertiary/aromatic N) is 9. The number of amides is 6. The van der Waals surface area contributed by atoms with Crippen molar-refractivity contribution < 1.29 is 75.1 Å². The predicted molar refractivity (Wildman–Crippen MR) is 274 cm³/mol. The third-order valence-corrected chi connectivity index (χ3v) is 14.2. The first kappa shape index (κ1) is 67.8. The number of Topliss-reactive ketones (excluding diaryl/α,β-unsaturated/α-hetero) is 1. The van der Waals surface area contributed by atoms with E-state index in [0.717, 1.165) is 6.42 Å². The highest BCUT2D eigenvalue weighted by Crippen LogP contribution is 2.33. The molecule has 0 N–H and O–H groups in total. The molecule has 3 unspecified atom stereocenters. The summed E-state index contributed by atoms with van der Waals surface area (Å²) >= 11 is 0. The molecule has 424 valence electrons. The lowest BCUT2D eigenvalue weighted by molar-refractivity contribution is -0.197. The number of imide groups is 3. The van der Waals surface area contributed by atoms with Gasteiger partial charge in [-0.2, -0.15) is 30.7 Å². The van der Waals surface area contributed by atoms with Crippen LogP contribution in [0.25, 0.3) is 0 Å². The summed E-state index contributed by atoms with van der Waals surface area (Å²) in [5.41, 5.74) is -1.07. The number of hydrogen-bond acceptors (Lipinski definition) is 22. The Kier molecular flexibility index (Phi) is 31.8. The summed E-state index contributed by atoms with van der Waals surface area (Å²) in [6, 6.07) is 0. The van der Waals surface area contributed by atoms with Crippen molar-refractivity contribution in [1.29, 1.82) is 0 Å². The smallest absolute Gasteiger partial charge is 0.330 e. The molecule has 6 aliphatic heterocycles. The minimum Gasteiger partial charge on any atom is -0.330 e. The third kappa shape index (κ3) is 30.2. The molecule has 3 saturated heterocycles. The summed E-state index contributed by atoms with van der Waals surface area (Å²) in [4.78, 5) is 128. The maximum atomic E-state index is 11.8. The fourth-order valence-corrected chi connectivity index (χ4v) is 9.02. The average molecular weight is 1120 g/mol. The van der Waals surface area contributed by atoms with Gasteiger partial charge in [-0.15, -0.1) is 15.2 Å². The molecule has 0 saturated carbocycles. The number of ketones is 1. The van der Waals surface area contributed by atoms with Crippen LogP contribution in [0.4, 0.5) is 0 Å². The SMILES string of the molecule is CC1(CCC(=O)CCCS(=O)CCC(=O)ON2C(=O)CCC2=O)N=N1.CC1(CCCS(=O)CCC(=O)ON2C(=O)CCC2=O)N=N1.CC1(CCS(=O)CCC(=O)ON2C(=O)CCC2=O)N=N1.CCC.CCC.CCC. The topological polar surface area (TPSA) is 333 Å². The minimum absolute atomic E-state index is 0.0351. The molecule has 28 heteroatoms. The van der Waals surface area contributed by atoms with E-state index in [2.05, 4.69) is 86.7 Å². The molecule has 0 radical (unpaired) electrons. The van der Waals surface area contributed by atoms with Crippen LogP contribution in [0.2, 0.25) is 0 Å². The van der Waals surface area contributed by atoms with E-state index in [1.54, 1.807) is 0 Å². The van der Waals surface area contributed by atoms with E-state index in [1.165, 1.54) is 19.3 Å². The Balaban J connectivity index is 0.000000522. The highest BCUT2D eigenvalue weighted by Gasteiger charge is 2.37. The third-order valence-electron chi connectivity index (χ3n) is 10.1. The number of carbonyl (C=O) groups is 10. The van der Waals surface area contributed by atoms with Crippen molar-refractivity contribution in [3.05, 3.63) is 0 Å². The lowest BCUT2D eigenvalue weighted by atomic mass is 10.1. The predicted octanol–water partition coefficient (Wildman–Crippen LogP) is 6.29. The van der Waals surface area contributed by atoms with Crippen LogP contribution in [0.15, 0.2) is 30.7 Å². The van der Waals surface area contributed by atoms with Crippen molar-refractivity contribution in [3.63, 3.8) is 0 Å². The summed E-state index contributed by atoms with van der Waals surface area (Å²) < 4.78 is 35.2. The largest absolute Gasteiger partial charge is 0.334 e. The molecule has 0 aromatic carbocycles. The van der Waals surface area contributed by atoms with Gasteiger partial charge in [-0.3, -0.25) is 46.2 Å². The fraction of sp³-hybridized carbons (Fsp3) is 0.787. The molecule has 6 rings (SSSR count). The van der Waals surface area contributed by atoms with E-state index in [9.17, 15) is 60.6 Å². The highest BCUT2D eigenvalue weighted by atomic mass is 32.2. The van der Waals surface area contributed by atoms with E-state index < -0.39 is 91.4 Å². The van der Waals surface area contributed by atoms with Crippen molar-refractivity contribution in [2.45, 2.75) is 201 Å². The summed E-state index contributed by atoms with van der Waals surface area (Å²) in [5, 5.41) is 24.5. The average Bonchev–Trinajstić information content (AvgIpc) is 4.32. The number of rotatable bonds is 26. The summed E-state index contributed by atoms with van der Waals surface area (Å²) in [6.07, 6.45) is 7.59. The monoisotopic (exact) mass is 1120 g/mol. The van der Waals surface area contributed by atoms with Gasteiger partial charge in [0.1, 0.15) is 5.78 Å². The van der Waals surface area contributed by atoms with E-state index >= 15 is 0 Å². The van der Waals surface area contributed by atoms with E-state index in [0.29, 0.717) is 71.0 Å². The molecular formula is C47H77N9O16S3. The van der Waals surface area contributed by atoms with Crippen molar-refractivity contribution in [3.8, 4) is 0 Å². The Morgan fingerprint density at radius 1 is 0.400 bits per heavy atom. The van der Waals surface area contributed by atoms with Crippen LogP contribution < -0.4 is 0 Å². The minimum atomic E-state index is -1.26. The molecule has 6 aliphatic rings. The maximum Gasteiger partial charge on any atom is 0.334 e. The molecule has 6 heterocycles. The standard InChI is InChI=1S/C15H21N3O6S.C12H17N3O5S.C11H15N3O5S.3C3H8/c1-15(16-17-15)8-6-11(19)3-2-9-25(23)10-7-14(22)24-18-12(20)4-5-13(18)21;1-12(13-14-12)6-2-7-21(19)8-5-11(18)20-15-9(16)3-4-10(15)17;1-11(12-13-11)5-7-20(18)6-4-10(17)19-14-8(15)2-3-9(14)16;3*1-3-2/h2-10H2,1H3;2-8H2,1H3;2-7H2,1H3;3*3H2,1-2H3. The van der Waals surface area contributed by atoms with Crippen LogP contribution in [-0.4, -0.2) is 138 Å². The Hall–Kier alpha value is -5.25. The first-order valence-corrected chi connectivity index (χ1v) is 29.9. The molecule has 6 amide bonds. The normalized spacial score (nSPS) is 18.5. The first-order chi connectivity index (χ1) is 35.3. The lowest BCUT2D eigenvalue weighted by Crippen LogP contribution is -2.32. The number of hydrogen-bond donors (Lipinski definition) is 0. The van der Waals surface area contributed by atoms with Gasteiger partial charge in [0, 0.05) is 131 Å². The Morgan fingerprint density at radius 3 is 0.973 bits per heavy atom. The van der Waals surface area contributed by atoms with Gasteiger partial charge in [0.2, 0.25) is 0 Å². The molecule has 0 aromatic heterocycles. The number of hydroxylamine groups is 6. The van der Waals surface area contributed by atoms with Crippen molar-refractivity contribution in [2.24, 2.45) is 30.7 Å². The van der Waals surface area contributed by atoms with Gasteiger partial charge >= 0.3 is 17.9 Å². The second-order valence-corrected chi connectivity index (χ2v) is 23.4. The lowest BCUT2D eigenvalue weighted by Gasteiger charge is -2.12. The Bertz CT molecular complexity index is 2100. The van der Waals surface area contributed by atoms with Gasteiger partial charge in [-0.25, -0.2) is 14.4 Å². The summed E-state index contributed by atoms with van der Waals surface area (Å²) in [6.45, 7) is 18.3. The second-order valence-electron chi connectivity index (χ2n) is 18.3. The summed E-state index contributed by atoms with van der Waals surface area (Å²) in [5.74, 6) is -3.75. The quantitative estimate of drug-likeness (QED) is 0.0859. The van der Waals surface area contributed by atoms with Crippen LogP contribution in [0.3, 0.4) is 0 Å².